The van der Waals surface area contributed by atoms with Gasteiger partial charge in [-0.15, -0.1) is 11.3 Å². The van der Waals surface area contributed by atoms with Gasteiger partial charge >= 0.3 is 0 Å². The van der Waals surface area contributed by atoms with Crippen molar-refractivity contribution in [3.05, 3.63) is 79.9 Å². The highest BCUT2D eigenvalue weighted by Gasteiger charge is 2.35. The first-order chi connectivity index (χ1) is 27.1. The molecule has 3 aliphatic heterocycles. The number of pyridine rings is 2. The number of sulfonamides is 1. The molecule has 1 aromatic carbocycles. The van der Waals surface area contributed by atoms with Crippen LogP contribution in [0.1, 0.15) is 47.1 Å². The second kappa shape index (κ2) is 15.5. The van der Waals surface area contributed by atoms with Gasteiger partial charge in [0.2, 0.25) is 10.0 Å². The highest BCUT2D eigenvalue weighted by molar-refractivity contribution is 7.90. The van der Waals surface area contributed by atoms with E-state index in [2.05, 4.69) is 47.4 Å². The summed E-state index contributed by atoms with van der Waals surface area (Å²) >= 11 is 7.73. The van der Waals surface area contributed by atoms with Crippen LogP contribution in [0.4, 0.5) is 5.82 Å². The van der Waals surface area contributed by atoms with Crippen molar-refractivity contribution < 1.29 is 22.7 Å². The van der Waals surface area contributed by atoms with Gasteiger partial charge < -0.3 is 14.4 Å². The van der Waals surface area contributed by atoms with Crippen molar-refractivity contribution in [2.45, 2.75) is 50.6 Å². The monoisotopic (exact) mass is 812 g/mol. The van der Waals surface area contributed by atoms with Crippen molar-refractivity contribution in [3.8, 4) is 29.0 Å². The van der Waals surface area contributed by atoms with Crippen molar-refractivity contribution in [1.82, 2.24) is 29.1 Å². The quantitative estimate of drug-likeness (QED) is 0.212. The number of carbonyl (C=O) groups is 1. The molecule has 7 heterocycles. The van der Waals surface area contributed by atoms with Gasteiger partial charge in [0.25, 0.3) is 11.5 Å². The summed E-state index contributed by atoms with van der Waals surface area (Å²) < 4.78 is 39.9. The fraction of sp³-hybridized carbons (Fsp3) is 0.385. The molecule has 0 saturated carbocycles. The standard InChI is InChI=1S/C39H37ClN8O6S2/c1-3-47(26-9-13-46(14-10-26)27-18-53-19-27)37-31(16-41)34-33(17-43-37)44-23(2)48(39(34)50)12-4-5-24-6-7-25(40)15-30(24)29-8-11-42-35-32(22-55-36(29)35)38(49)45-56(51,52)28-20-54-21-28/h6-8,11,15,17,22,26-28H,3,9-10,12-14,18-21H2,1-2H3,(H,45,49). The normalized spacial score (nSPS) is 16.8. The van der Waals surface area contributed by atoms with E-state index in [0.717, 1.165) is 39.1 Å². The first-order valence-electron chi connectivity index (χ1n) is 18.2. The zero-order valence-electron chi connectivity index (χ0n) is 30.6. The number of piperidine rings is 1. The van der Waals surface area contributed by atoms with Crippen LogP contribution >= 0.6 is 22.9 Å². The lowest BCUT2D eigenvalue weighted by Gasteiger charge is -2.44. The highest BCUT2D eigenvalue weighted by Crippen LogP contribution is 2.37. The summed E-state index contributed by atoms with van der Waals surface area (Å²) in [6, 6.07) is 9.96. The van der Waals surface area contributed by atoms with E-state index >= 15 is 0 Å². The third-order valence-corrected chi connectivity index (χ3v) is 13.5. The Labute approximate surface area is 332 Å². The molecule has 17 heteroatoms. The molecule has 56 heavy (non-hydrogen) atoms. The van der Waals surface area contributed by atoms with E-state index in [1.165, 1.54) is 15.9 Å². The number of aromatic nitrogens is 4. The zero-order chi connectivity index (χ0) is 39.1. The number of nitrogens with zero attached hydrogens (tertiary/aromatic N) is 7. The number of halogens is 1. The third-order valence-electron chi connectivity index (χ3n) is 10.7. The summed E-state index contributed by atoms with van der Waals surface area (Å²) in [5, 5.41) is 11.9. The number of benzene rings is 1. The van der Waals surface area contributed by atoms with Gasteiger partial charge in [-0.3, -0.25) is 24.0 Å². The van der Waals surface area contributed by atoms with Crippen LogP contribution in [-0.2, 0) is 26.0 Å². The Bertz CT molecular complexity index is 2650. The molecule has 0 radical (unpaired) electrons. The lowest BCUT2D eigenvalue weighted by Crippen LogP contribution is -2.54. The van der Waals surface area contributed by atoms with Crippen molar-refractivity contribution in [2.75, 3.05) is 51.0 Å². The number of anilines is 1. The molecule has 0 spiro atoms. The van der Waals surface area contributed by atoms with Gasteiger partial charge in [0.05, 0.1) is 71.9 Å². The van der Waals surface area contributed by atoms with Crippen molar-refractivity contribution in [1.29, 1.82) is 5.26 Å². The number of hydrogen-bond donors (Lipinski definition) is 1. The summed E-state index contributed by atoms with van der Waals surface area (Å²) in [4.78, 5) is 45.7. The number of ether oxygens (including phenoxy) is 2. The number of thiophene rings is 1. The minimum Gasteiger partial charge on any atom is -0.378 e. The summed E-state index contributed by atoms with van der Waals surface area (Å²) in [7, 11) is -3.90. The van der Waals surface area contributed by atoms with Crippen LogP contribution in [0, 0.1) is 30.1 Å². The van der Waals surface area contributed by atoms with E-state index in [4.69, 9.17) is 21.1 Å². The van der Waals surface area contributed by atoms with E-state index < -0.39 is 21.2 Å². The molecule has 3 fully saturated rings. The van der Waals surface area contributed by atoms with Crippen LogP contribution < -0.4 is 15.2 Å². The molecule has 5 aromatic rings. The molecule has 3 aliphatic rings. The fourth-order valence-corrected chi connectivity index (χ4v) is 9.72. The predicted molar refractivity (Wildman–Crippen MR) is 213 cm³/mol. The van der Waals surface area contributed by atoms with Crippen LogP contribution in [0.3, 0.4) is 0 Å². The lowest BCUT2D eigenvalue weighted by atomic mass is 10.00. The average molecular weight is 813 g/mol. The molecule has 3 saturated heterocycles. The maximum atomic E-state index is 14.2. The first kappa shape index (κ1) is 38.0. The molecular weight excluding hydrogens is 776 g/mol. The first-order valence-corrected chi connectivity index (χ1v) is 21.1. The molecular formula is C39H37ClN8O6S2. The second-order valence-corrected chi connectivity index (χ2v) is 17.2. The molecule has 1 N–H and O–H groups in total. The smallest absolute Gasteiger partial charge is 0.267 e. The van der Waals surface area contributed by atoms with Gasteiger partial charge in [0.1, 0.15) is 28.5 Å². The van der Waals surface area contributed by atoms with Gasteiger partial charge in [-0.25, -0.2) is 23.1 Å². The van der Waals surface area contributed by atoms with Crippen LogP contribution in [0.15, 0.2) is 46.8 Å². The van der Waals surface area contributed by atoms with E-state index in [0.29, 0.717) is 61.7 Å². The molecule has 0 bridgehead atoms. The molecule has 1 amide bonds. The minimum absolute atomic E-state index is 0.00534. The highest BCUT2D eigenvalue weighted by atomic mass is 35.5. The van der Waals surface area contributed by atoms with Gasteiger partial charge in [0.15, 0.2) is 0 Å². The number of likely N-dealkylation sites (tertiary alicyclic amines) is 1. The van der Waals surface area contributed by atoms with E-state index in [1.54, 1.807) is 49.0 Å². The Hall–Kier alpha value is -4.94. The Kier molecular flexibility index (Phi) is 10.5. The predicted octanol–water partition coefficient (Wildman–Crippen LogP) is 4.10. The van der Waals surface area contributed by atoms with E-state index in [1.807, 2.05) is 6.92 Å². The summed E-state index contributed by atoms with van der Waals surface area (Å²) in [5.74, 6) is 6.47. The molecule has 0 atom stereocenters. The molecule has 0 aliphatic carbocycles. The Morgan fingerprint density at radius 3 is 2.57 bits per heavy atom. The number of aryl methyl sites for hydroxylation is 1. The van der Waals surface area contributed by atoms with Crippen LogP contribution in [-0.4, -0.2) is 102 Å². The number of fused-ring (bicyclic) bond motifs is 2. The van der Waals surface area contributed by atoms with Gasteiger partial charge in [-0.1, -0.05) is 23.4 Å². The molecule has 288 valence electrons. The number of carbonyl (C=O) groups excluding carboxylic acids is 1. The summed E-state index contributed by atoms with van der Waals surface area (Å²) in [5.41, 5.74) is 2.63. The van der Waals surface area contributed by atoms with E-state index in [9.17, 15) is 23.3 Å². The molecule has 8 rings (SSSR count). The topological polar surface area (TPSA) is 173 Å². The number of hydrogen-bond acceptors (Lipinski definition) is 13. The SMILES string of the molecule is CCN(c1ncc2nc(C)n(CC#Cc3ccc(Cl)cc3-c3ccnc4c(C(=O)NS(=O)(=O)C5COC5)csc34)c(=O)c2c1C#N)C1CCN(C2COC2)CC1. The maximum Gasteiger partial charge on any atom is 0.267 e. The fourth-order valence-electron chi connectivity index (χ4n) is 7.43. The Balaban J connectivity index is 1.09. The van der Waals surface area contributed by atoms with Crippen molar-refractivity contribution in [3.63, 3.8) is 0 Å². The minimum atomic E-state index is -3.90. The summed E-state index contributed by atoms with van der Waals surface area (Å²) in [6.07, 6.45) is 4.96. The molecule has 14 nitrogen and oxygen atoms in total. The number of amides is 1. The molecule has 0 unspecified atom stereocenters. The van der Waals surface area contributed by atoms with Crippen molar-refractivity contribution >= 4 is 65.8 Å². The van der Waals surface area contributed by atoms with E-state index in [-0.39, 0.29) is 47.9 Å². The second-order valence-electron chi connectivity index (χ2n) is 13.9. The summed E-state index contributed by atoms with van der Waals surface area (Å²) in [6.45, 7) is 7.88. The zero-order valence-corrected chi connectivity index (χ0v) is 33.0. The third kappa shape index (κ3) is 7.02. The number of nitrogens with one attached hydrogen (secondary N) is 1. The Morgan fingerprint density at radius 2 is 1.89 bits per heavy atom. The van der Waals surface area contributed by atoms with Crippen LogP contribution in [0.2, 0.25) is 5.02 Å². The number of rotatable bonds is 9. The molecule has 4 aromatic heterocycles. The van der Waals surface area contributed by atoms with Crippen LogP contribution in [0.25, 0.3) is 32.2 Å². The van der Waals surface area contributed by atoms with Crippen molar-refractivity contribution in [2.24, 2.45) is 0 Å². The Morgan fingerprint density at radius 1 is 1.12 bits per heavy atom. The van der Waals surface area contributed by atoms with Gasteiger partial charge in [-0.2, -0.15) is 5.26 Å². The number of nitriles is 1. The van der Waals surface area contributed by atoms with Crippen LogP contribution in [0.5, 0.6) is 0 Å². The van der Waals surface area contributed by atoms with Gasteiger partial charge in [-0.05, 0) is 51.0 Å². The maximum absolute atomic E-state index is 14.2. The largest absolute Gasteiger partial charge is 0.378 e. The lowest BCUT2D eigenvalue weighted by molar-refractivity contribution is -0.0711. The average Bonchev–Trinajstić information content (AvgIpc) is 3.57. The van der Waals surface area contributed by atoms with Gasteiger partial charge in [0, 0.05) is 59.0 Å².